The molecule has 2 heterocycles. The predicted molar refractivity (Wildman–Crippen MR) is 227 cm³/mol. The standard InChI is InChI=1S/C51H34N4/c1-3-13-35(14-4-1)49-52-50(36-15-5-2-6-16-36)54-51(53-49)40-17-11-18-41(31-40)55-46-21-10-9-20-44(46)48-45-32-38(24-22-34(45)27-29-47(48)55)37-26-28-43-39(30-37)25-23-33-12-7-8-19-42(33)43/h1-25,27-32,37H,26H2. The van der Waals surface area contributed by atoms with E-state index >= 15 is 0 Å². The van der Waals surface area contributed by atoms with Crippen LogP contribution in [0.15, 0.2) is 176 Å². The molecule has 4 nitrogen and oxygen atoms in total. The summed E-state index contributed by atoms with van der Waals surface area (Å²) in [5.74, 6) is 2.25. The van der Waals surface area contributed by atoms with E-state index < -0.39 is 0 Å². The van der Waals surface area contributed by atoms with Gasteiger partial charge >= 0.3 is 0 Å². The molecule has 258 valence electrons. The van der Waals surface area contributed by atoms with E-state index in [1.165, 1.54) is 53.8 Å². The van der Waals surface area contributed by atoms with Crippen LogP contribution in [0, 0.1) is 0 Å². The minimum Gasteiger partial charge on any atom is -0.309 e. The zero-order chi connectivity index (χ0) is 36.3. The highest BCUT2D eigenvalue weighted by atomic mass is 15.0. The Hall–Kier alpha value is -7.17. The number of nitrogens with zero attached hydrogens (tertiary/aromatic N) is 4. The molecular formula is C51H34N4. The third-order valence-electron chi connectivity index (χ3n) is 11.1. The van der Waals surface area contributed by atoms with E-state index in [2.05, 4.69) is 132 Å². The number of hydrogen-bond acceptors (Lipinski definition) is 3. The lowest BCUT2D eigenvalue weighted by atomic mass is 9.88. The molecule has 0 fully saturated rings. The Kier molecular flexibility index (Phi) is 7.27. The molecule has 0 spiro atoms. The summed E-state index contributed by atoms with van der Waals surface area (Å²) in [6, 6.07) is 62.5. The Morgan fingerprint density at radius 1 is 0.455 bits per heavy atom. The van der Waals surface area contributed by atoms with E-state index in [0.717, 1.165) is 34.3 Å². The van der Waals surface area contributed by atoms with Crippen molar-refractivity contribution in [3.8, 4) is 39.9 Å². The average Bonchev–Trinajstić information content (AvgIpc) is 3.61. The van der Waals surface area contributed by atoms with Crippen LogP contribution in [0.5, 0.6) is 0 Å². The fourth-order valence-electron chi connectivity index (χ4n) is 8.48. The van der Waals surface area contributed by atoms with Crippen molar-refractivity contribution in [3.05, 3.63) is 192 Å². The van der Waals surface area contributed by atoms with Gasteiger partial charge in [-0.15, -0.1) is 0 Å². The van der Waals surface area contributed by atoms with Gasteiger partial charge in [-0.05, 0) is 74.3 Å². The molecule has 0 bridgehead atoms. The Morgan fingerprint density at radius 3 is 1.85 bits per heavy atom. The van der Waals surface area contributed by atoms with Crippen LogP contribution in [-0.2, 0) is 0 Å². The number of aromatic nitrogens is 4. The Morgan fingerprint density at radius 2 is 1.07 bits per heavy atom. The molecule has 2 aromatic heterocycles. The summed E-state index contributed by atoms with van der Waals surface area (Å²) in [5.41, 5.74) is 7.57. The summed E-state index contributed by atoms with van der Waals surface area (Å²) in [6.45, 7) is 0. The van der Waals surface area contributed by atoms with Crippen molar-refractivity contribution in [1.82, 2.24) is 19.5 Å². The molecule has 1 unspecified atom stereocenters. The second-order valence-electron chi connectivity index (χ2n) is 14.4. The van der Waals surface area contributed by atoms with E-state index in [4.69, 9.17) is 15.0 Å². The topological polar surface area (TPSA) is 43.6 Å². The lowest BCUT2D eigenvalue weighted by molar-refractivity contribution is 0.925. The van der Waals surface area contributed by atoms with Crippen LogP contribution in [-0.4, -0.2) is 19.5 Å². The van der Waals surface area contributed by atoms with Gasteiger partial charge in [-0.3, -0.25) is 0 Å². The lowest BCUT2D eigenvalue weighted by Gasteiger charge is -2.17. The van der Waals surface area contributed by atoms with Crippen molar-refractivity contribution in [2.24, 2.45) is 0 Å². The number of rotatable bonds is 5. The third kappa shape index (κ3) is 5.33. The Balaban J connectivity index is 1.06. The summed E-state index contributed by atoms with van der Waals surface area (Å²) < 4.78 is 2.39. The minimum atomic E-state index is 0.306. The number of fused-ring (bicyclic) bond motifs is 8. The number of benzene rings is 8. The Labute approximate surface area is 318 Å². The number of para-hydroxylation sites is 1. The maximum Gasteiger partial charge on any atom is 0.164 e. The van der Waals surface area contributed by atoms with Gasteiger partial charge in [0.1, 0.15) is 0 Å². The highest BCUT2D eigenvalue weighted by Gasteiger charge is 2.19. The lowest BCUT2D eigenvalue weighted by Crippen LogP contribution is -2.29. The maximum absolute atomic E-state index is 5.03. The third-order valence-corrected chi connectivity index (χ3v) is 11.1. The summed E-state index contributed by atoms with van der Waals surface area (Å²) in [6.07, 6.45) is 5.88. The van der Waals surface area contributed by atoms with E-state index in [-0.39, 0.29) is 0 Å². The van der Waals surface area contributed by atoms with Crippen LogP contribution in [0.25, 0.3) is 95.4 Å². The van der Waals surface area contributed by atoms with Crippen molar-refractivity contribution in [2.75, 3.05) is 0 Å². The van der Waals surface area contributed by atoms with E-state index in [9.17, 15) is 0 Å². The molecule has 11 rings (SSSR count). The van der Waals surface area contributed by atoms with Gasteiger partial charge in [0.15, 0.2) is 17.5 Å². The zero-order valence-corrected chi connectivity index (χ0v) is 30.0. The van der Waals surface area contributed by atoms with Crippen LogP contribution < -0.4 is 10.4 Å². The molecule has 0 amide bonds. The van der Waals surface area contributed by atoms with Gasteiger partial charge in [-0.1, -0.05) is 158 Å². The van der Waals surface area contributed by atoms with Gasteiger partial charge in [0.2, 0.25) is 0 Å². The smallest absolute Gasteiger partial charge is 0.164 e. The first-order chi connectivity index (χ1) is 27.2. The first-order valence-electron chi connectivity index (χ1n) is 18.9. The first-order valence-corrected chi connectivity index (χ1v) is 18.9. The summed E-state index contributed by atoms with van der Waals surface area (Å²) in [5, 5.41) is 10.3. The molecule has 4 heteroatoms. The van der Waals surface area contributed by atoms with Crippen LogP contribution in [0.1, 0.15) is 17.9 Å². The molecule has 55 heavy (non-hydrogen) atoms. The number of hydrogen-bond donors (Lipinski definition) is 0. The van der Waals surface area contributed by atoms with Gasteiger partial charge < -0.3 is 4.57 Å². The van der Waals surface area contributed by atoms with E-state index in [1.807, 2.05) is 60.7 Å². The monoisotopic (exact) mass is 702 g/mol. The van der Waals surface area contributed by atoms with Crippen LogP contribution >= 0.6 is 0 Å². The highest BCUT2D eigenvalue weighted by Crippen LogP contribution is 2.39. The molecule has 0 N–H and O–H groups in total. The maximum atomic E-state index is 5.03. The minimum absolute atomic E-state index is 0.306. The quantitative estimate of drug-likeness (QED) is 0.179. The summed E-state index contributed by atoms with van der Waals surface area (Å²) in [7, 11) is 0. The van der Waals surface area contributed by atoms with Crippen LogP contribution in [0.2, 0.25) is 0 Å². The highest BCUT2D eigenvalue weighted by molar-refractivity contribution is 6.21. The van der Waals surface area contributed by atoms with Crippen LogP contribution in [0.3, 0.4) is 0 Å². The molecule has 0 saturated carbocycles. The zero-order valence-electron chi connectivity index (χ0n) is 30.0. The van der Waals surface area contributed by atoms with Crippen molar-refractivity contribution in [1.29, 1.82) is 0 Å². The fourth-order valence-corrected chi connectivity index (χ4v) is 8.48. The average molecular weight is 703 g/mol. The molecule has 8 aromatic carbocycles. The molecule has 0 saturated heterocycles. The molecule has 0 radical (unpaired) electrons. The fraction of sp³-hybridized carbons (Fsp3) is 0.0392. The van der Waals surface area contributed by atoms with Gasteiger partial charge in [-0.25, -0.2) is 15.0 Å². The molecule has 0 aliphatic heterocycles. The van der Waals surface area contributed by atoms with Gasteiger partial charge in [0.05, 0.1) is 11.0 Å². The second-order valence-corrected chi connectivity index (χ2v) is 14.4. The largest absolute Gasteiger partial charge is 0.309 e. The molecule has 1 aliphatic rings. The molecule has 10 aromatic rings. The first kappa shape index (κ1) is 31.4. The summed E-state index contributed by atoms with van der Waals surface area (Å²) in [4.78, 5) is 15.0. The Bertz CT molecular complexity index is 3180. The van der Waals surface area contributed by atoms with Gasteiger partial charge in [0.25, 0.3) is 0 Å². The van der Waals surface area contributed by atoms with Crippen molar-refractivity contribution in [2.45, 2.75) is 12.3 Å². The molecule has 1 aliphatic carbocycles. The van der Waals surface area contributed by atoms with Crippen molar-refractivity contribution in [3.63, 3.8) is 0 Å². The van der Waals surface area contributed by atoms with Crippen molar-refractivity contribution >= 4 is 55.5 Å². The van der Waals surface area contributed by atoms with Crippen LogP contribution in [0.4, 0.5) is 0 Å². The summed E-state index contributed by atoms with van der Waals surface area (Å²) >= 11 is 0. The predicted octanol–water partition coefficient (Wildman–Crippen LogP) is 11.0. The van der Waals surface area contributed by atoms with E-state index in [1.54, 1.807) is 0 Å². The van der Waals surface area contributed by atoms with E-state index in [0.29, 0.717) is 23.4 Å². The normalized spacial score (nSPS) is 13.9. The van der Waals surface area contributed by atoms with Crippen molar-refractivity contribution < 1.29 is 0 Å². The molecular weight excluding hydrogens is 669 g/mol. The van der Waals surface area contributed by atoms with Gasteiger partial charge in [0, 0.05) is 39.1 Å². The second kappa shape index (κ2) is 12.8. The SMILES string of the molecule is C1=c2ccc3ccccc3c2=CCC1c1ccc2ccc3c(c2c1)c1ccccc1n3-c1cccc(-c2nc(-c3ccccc3)nc(-c3ccccc3)n2)c1. The van der Waals surface area contributed by atoms with Gasteiger partial charge in [-0.2, -0.15) is 0 Å². The molecule has 1 atom stereocenters.